The average molecular weight is 381 g/mol. The number of carbonyl (C=O) groups excluding carboxylic acids is 1. The predicted octanol–water partition coefficient (Wildman–Crippen LogP) is 4.04. The number of nitrogens with zero attached hydrogens (tertiary/aromatic N) is 1. The van der Waals surface area contributed by atoms with Crippen LogP contribution in [0.3, 0.4) is 0 Å². The van der Waals surface area contributed by atoms with Gasteiger partial charge in [0.05, 0.1) is 16.1 Å². The molecule has 0 amide bonds. The molecule has 3 aromatic carbocycles. The molecule has 5 nitrogen and oxygen atoms in total. The number of carbonyl (C=O) groups is 1. The molecule has 0 aliphatic heterocycles. The minimum Gasteiger partial charge on any atom is -0.423 e. The second-order valence-electron chi connectivity index (χ2n) is 6.04. The number of benzene rings is 3. The van der Waals surface area contributed by atoms with Crippen LogP contribution in [-0.4, -0.2) is 21.4 Å². The van der Waals surface area contributed by atoms with Gasteiger partial charge in [0, 0.05) is 7.05 Å². The highest BCUT2D eigenvalue weighted by atomic mass is 32.2. The van der Waals surface area contributed by atoms with Crippen LogP contribution in [-0.2, 0) is 10.0 Å². The van der Waals surface area contributed by atoms with E-state index in [0.717, 1.165) is 5.56 Å². The van der Waals surface area contributed by atoms with Crippen molar-refractivity contribution in [2.24, 2.45) is 0 Å². The summed E-state index contributed by atoms with van der Waals surface area (Å²) < 4.78 is 31.8. The van der Waals surface area contributed by atoms with E-state index in [-0.39, 0.29) is 4.90 Å². The van der Waals surface area contributed by atoms with E-state index in [0.29, 0.717) is 17.0 Å². The van der Waals surface area contributed by atoms with Gasteiger partial charge in [-0.05, 0) is 55.5 Å². The van der Waals surface area contributed by atoms with Crippen molar-refractivity contribution in [3.63, 3.8) is 0 Å². The largest absolute Gasteiger partial charge is 0.423 e. The lowest BCUT2D eigenvalue weighted by atomic mass is 10.1. The second kappa shape index (κ2) is 7.63. The van der Waals surface area contributed by atoms with Gasteiger partial charge in [0.15, 0.2) is 0 Å². The fourth-order valence-corrected chi connectivity index (χ4v) is 3.77. The third kappa shape index (κ3) is 4.17. The summed E-state index contributed by atoms with van der Waals surface area (Å²) in [5.74, 6) is -0.118. The number of ether oxygens (including phenoxy) is 1. The van der Waals surface area contributed by atoms with Crippen molar-refractivity contribution in [1.82, 2.24) is 0 Å². The molecule has 0 saturated heterocycles. The van der Waals surface area contributed by atoms with E-state index in [4.69, 9.17) is 4.74 Å². The first-order chi connectivity index (χ1) is 12.9. The smallest absolute Gasteiger partial charge is 0.343 e. The lowest BCUT2D eigenvalue weighted by Gasteiger charge is -2.19. The molecule has 27 heavy (non-hydrogen) atoms. The molecule has 0 fully saturated rings. The normalized spacial score (nSPS) is 11.0. The van der Waals surface area contributed by atoms with Gasteiger partial charge < -0.3 is 4.74 Å². The summed E-state index contributed by atoms with van der Waals surface area (Å²) in [7, 11) is -2.17. The monoisotopic (exact) mass is 381 g/mol. The van der Waals surface area contributed by atoms with Gasteiger partial charge in [-0.15, -0.1) is 0 Å². The van der Waals surface area contributed by atoms with Crippen molar-refractivity contribution >= 4 is 21.7 Å². The van der Waals surface area contributed by atoms with Gasteiger partial charge in [-0.25, -0.2) is 13.2 Å². The highest BCUT2D eigenvalue weighted by Crippen LogP contribution is 2.24. The summed E-state index contributed by atoms with van der Waals surface area (Å²) in [4.78, 5) is 12.4. The zero-order valence-corrected chi connectivity index (χ0v) is 15.8. The zero-order valence-electron chi connectivity index (χ0n) is 15.0. The molecular weight excluding hydrogens is 362 g/mol. The fourth-order valence-electron chi connectivity index (χ4n) is 2.55. The molecule has 0 atom stereocenters. The molecule has 3 rings (SSSR count). The van der Waals surface area contributed by atoms with Crippen molar-refractivity contribution in [2.75, 3.05) is 11.4 Å². The van der Waals surface area contributed by atoms with E-state index in [1.807, 2.05) is 13.0 Å². The molecule has 138 valence electrons. The molecule has 3 aromatic rings. The van der Waals surface area contributed by atoms with Crippen LogP contribution < -0.4 is 9.04 Å². The first-order valence-corrected chi connectivity index (χ1v) is 9.75. The Morgan fingerprint density at radius 1 is 0.889 bits per heavy atom. The molecule has 0 bridgehead atoms. The van der Waals surface area contributed by atoms with Crippen LogP contribution in [0.4, 0.5) is 5.69 Å². The zero-order chi connectivity index (χ0) is 19.4. The third-order valence-corrected chi connectivity index (χ3v) is 5.87. The summed E-state index contributed by atoms with van der Waals surface area (Å²) in [6.45, 7) is 1.90. The summed E-state index contributed by atoms with van der Waals surface area (Å²) >= 11 is 0. The Balaban J connectivity index is 1.76. The number of aryl methyl sites for hydroxylation is 1. The van der Waals surface area contributed by atoms with Gasteiger partial charge in [0.1, 0.15) is 5.75 Å². The number of sulfonamides is 1. The lowest BCUT2D eigenvalue weighted by molar-refractivity contribution is 0.0734. The van der Waals surface area contributed by atoms with Crippen LogP contribution in [0.1, 0.15) is 15.9 Å². The van der Waals surface area contributed by atoms with Gasteiger partial charge in [-0.3, -0.25) is 4.31 Å². The maximum absolute atomic E-state index is 12.7. The van der Waals surface area contributed by atoms with Gasteiger partial charge in [-0.2, -0.15) is 0 Å². The first kappa shape index (κ1) is 18.7. The summed E-state index contributed by atoms with van der Waals surface area (Å²) in [5.41, 5.74) is 1.89. The average Bonchev–Trinajstić information content (AvgIpc) is 2.68. The minimum atomic E-state index is -3.65. The molecule has 0 heterocycles. The van der Waals surface area contributed by atoms with Crippen molar-refractivity contribution in [3.8, 4) is 5.75 Å². The van der Waals surface area contributed by atoms with E-state index in [9.17, 15) is 13.2 Å². The predicted molar refractivity (Wildman–Crippen MR) is 105 cm³/mol. The van der Waals surface area contributed by atoms with Gasteiger partial charge >= 0.3 is 5.97 Å². The molecule has 0 aromatic heterocycles. The molecule has 0 N–H and O–H groups in total. The van der Waals surface area contributed by atoms with E-state index >= 15 is 0 Å². The molecule has 0 aliphatic rings. The van der Waals surface area contributed by atoms with Crippen LogP contribution in [0, 0.1) is 6.92 Å². The van der Waals surface area contributed by atoms with E-state index < -0.39 is 16.0 Å². The second-order valence-corrected chi connectivity index (χ2v) is 8.01. The van der Waals surface area contributed by atoms with Crippen LogP contribution in [0.2, 0.25) is 0 Å². The standard InChI is InChI=1S/C21H19NO4S/c1-16-7-6-8-17(15-16)21(23)26-19-13-11-18(12-14-19)22(2)27(24,25)20-9-4-3-5-10-20/h3-15H,1-2H3. The Morgan fingerprint density at radius 3 is 2.19 bits per heavy atom. The molecule has 6 heteroatoms. The SMILES string of the molecule is Cc1cccc(C(=O)Oc2ccc(N(C)S(=O)(=O)c3ccccc3)cc2)c1. The maximum Gasteiger partial charge on any atom is 0.343 e. The Morgan fingerprint density at radius 2 is 1.56 bits per heavy atom. The van der Waals surface area contributed by atoms with Gasteiger partial charge in [-0.1, -0.05) is 35.9 Å². The minimum absolute atomic E-state index is 0.211. The van der Waals surface area contributed by atoms with Gasteiger partial charge in [0.25, 0.3) is 10.0 Å². The molecule has 0 aliphatic carbocycles. The lowest BCUT2D eigenvalue weighted by Crippen LogP contribution is -2.26. The van der Waals surface area contributed by atoms with Crippen LogP contribution in [0.25, 0.3) is 0 Å². The summed E-state index contributed by atoms with van der Waals surface area (Å²) in [5, 5.41) is 0. The number of esters is 1. The molecule has 0 saturated carbocycles. The first-order valence-electron chi connectivity index (χ1n) is 8.31. The van der Waals surface area contributed by atoms with Crippen LogP contribution in [0.5, 0.6) is 5.75 Å². The number of anilines is 1. The Hall–Kier alpha value is -3.12. The highest BCUT2D eigenvalue weighted by molar-refractivity contribution is 7.92. The number of rotatable bonds is 5. The molecular formula is C21H19NO4S. The topological polar surface area (TPSA) is 63.7 Å². The Bertz CT molecular complexity index is 1050. The Labute approximate surface area is 158 Å². The van der Waals surface area contributed by atoms with Crippen molar-refractivity contribution in [3.05, 3.63) is 90.0 Å². The van der Waals surface area contributed by atoms with E-state index in [2.05, 4.69) is 0 Å². The van der Waals surface area contributed by atoms with E-state index in [1.54, 1.807) is 72.8 Å². The molecule has 0 radical (unpaired) electrons. The van der Waals surface area contributed by atoms with Crippen LogP contribution >= 0.6 is 0 Å². The third-order valence-electron chi connectivity index (χ3n) is 4.07. The fraction of sp³-hybridized carbons (Fsp3) is 0.0952. The maximum atomic E-state index is 12.7. The quantitative estimate of drug-likeness (QED) is 0.494. The molecule has 0 unspecified atom stereocenters. The summed E-state index contributed by atoms with van der Waals surface area (Å²) in [6.07, 6.45) is 0. The van der Waals surface area contributed by atoms with E-state index in [1.165, 1.54) is 11.4 Å². The highest BCUT2D eigenvalue weighted by Gasteiger charge is 2.21. The number of hydrogen-bond donors (Lipinski definition) is 0. The molecule has 0 spiro atoms. The van der Waals surface area contributed by atoms with Gasteiger partial charge in [0.2, 0.25) is 0 Å². The summed E-state index contributed by atoms with van der Waals surface area (Å²) in [6, 6.07) is 21.7. The van der Waals surface area contributed by atoms with Crippen molar-refractivity contribution in [1.29, 1.82) is 0 Å². The van der Waals surface area contributed by atoms with Crippen LogP contribution in [0.15, 0.2) is 83.8 Å². The number of hydrogen-bond acceptors (Lipinski definition) is 4. The van der Waals surface area contributed by atoms with Crippen molar-refractivity contribution in [2.45, 2.75) is 11.8 Å². The Kier molecular flexibility index (Phi) is 5.28. The van der Waals surface area contributed by atoms with Crippen molar-refractivity contribution < 1.29 is 17.9 Å².